The zero-order valence-corrected chi connectivity index (χ0v) is 14.6. The Hall–Kier alpha value is -3.26. The zero-order chi connectivity index (χ0) is 18.5. The van der Waals surface area contributed by atoms with E-state index in [1.54, 1.807) is 6.92 Å². The molecule has 0 amide bonds. The van der Waals surface area contributed by atoms with Crippen LogP contribution in [0.5, 0.6) is 0 Å². The summed E-state index contributed by atoms with van der Waals surface area (Å²) < 4.78 is 10.2. The maximum Gasteiger partial charge on any atom is 0.433 e. The van der Waals surface area contributed by atoms with Crippen molar-refractivity contribution in [3.05, 3.63) is 69.3 Å². The van der Waals surface area contributed by atoms with Crippen molar-refractivity contribution in [1.82, 2.24) is 0 Å². The number of nitrogens with zero attached hydrogens (tertiary/aromatic N) is 2. The molecular formula is C18H14N2O5S. The van der Waals surface area contributed by atoms with Crippen molar-refractivity contribution in [1.29, 1.82) is 0 Å². The molecule has 3 aromatic rings. The highest BCUT2D eigenvalue weighted by Crippen LogP contribution is 2.38. The lowest BCUT2D eigenvalue weighted by molar-refractivity contribution is -0.402. The van der Waals surface area contributed by atoms with Gasteiger partial charge in [0, 0.05) is 10.9 Å². The van der Waals surface area contributed by atoms with Crippen molar-refractivity contribution >= 4 is 34.4 Å². The van der Waals surface area contributed by atoms with Gasteiger partial charge in [0.05, 0.1) is 18.9 Å². The molecule has 2 heterocycles. The van der Waals surface area contributed by atoms with Crippen molar-refractivity contribution in [2.24, 2.45) is 4.99 Å². The standard InChI is InChI=1S/C18H14N2O5S/c1-2-24-18(21)16-14(12-6-4-3-5-7-12)11-26-17(16)19-10-13-8-9-15(25-13)20(22)23/h3-11H,2H2,1H3/b19-10+. The number of ether oxygens (including phenoxy) is 1. The van der Waals surface area contributed by atoms with E-state index in [9.17, 15) is 14.9 Å². The van der Waals surface area contributed by atoms with Gasteiger partial charge in [0.2, 0.25) is 0 Å². The third kappa shape index (κ3) is 3.70. The predicted octanol–water partition coefficient (Wildman–Crippen LogP) is 4.84. The minimum absolute atomic E-state index is 0.223. The molecule has 8 heteroatoms. The molecule has 0 radical (unpaired) electrons. The number of rotatable bonds is 6. The van der Waals surface area contributed by atoms with Crippen molar-refractivity contribution in [3.63, 3.8) is 0 Å². The number of hydrogen-bond donors (Lipinski definition) is 0. The number of aliphatic imine (C=N–C) groups is 1. The number of carbonyl (C=O) groups excluding carboxylic acids is 1. The number of benzene rings is 1. The summed E-state index contributed by atoms with van der Waals surface area (Å²) in [5.74, 6) is -0.612. The number of carbonyl (C=O) groups is 1. The van der Waals surface area contributed by atoms with Crippen molar-refractivity contribution in [2.75, 3.05) is 6.61 Å². The summed E-state index contributed by atoms with van der Waals surface area (Å²) in [6, 6.07) is 12.1. The molecule has 0 atom stereocenters. The molecule has 0 saturated heterocycles. The van der Waals surface area contributed by atoms with Gasteiger partial charge in [-0.05, 0) is 18.6 Å². The Morgan fingerprint density at radius 2 is 2.08 bits per heavy atom. The first kappa shape index (κ1) is 17.6. The maximum atomic E-state index is 12.4. The Kier molecular flexibility index (Phi) is 5.23. The normalized spacial score (nSPS) is 11.0. The first-order valence-electron chi connectivity index (χ1n) is 7.72. The molecule has 0 aliphatic rings. The average molecular weight is 370 g/mol. The molecule has 1 aromatic carbocycles. The van der Waals surface area contributed by atoms with Crippen LogP contribution in [-0.4, -0.2) is 23.7 Å². The van der Waals surface area contributed by atoms with E-state index in [0.29, 0.717) is 10.6 Å². The van der Waals surface area contributed by atoms with Crippen LogP contribution >= 0.6 is 11.3 Å². The van der Waals surface area contributed by atoms with Crippen LogP contribution in [0.4, 0.5) is 10.9 Å². The monoisotopic (exact) mass is 370 g/mol. The van der Waals surface area contributed by atoms with Gasteiger partial charge >= 0.3 is 11.9 Å². The van der Waals surface area contributed by atoms with Crippen LogP contribution in [0.25, 0.3) is 11.1 Å². The third-order valence-corrected chi connectivity index (χ3v) is 4.32. The average Bonchev–Trinajstić information content (AvgIpc) is 3.28. The fourth-order valence-corrected chi connectivity index (χ4v) is 3.21. The zero-order valence-electron chi connectivity index (χ0n) is 13.7. The number of nitro groups is 1. The minimum Gasteiger partial charge on any atom is -0.462 e. The van der Waals surface area contributed by atoms with E-state index >= 15 is 0 Å². The molecule has 0 unspecified atom stereocenters. The Balaban J connectivity index is 1.98. The first-order valence-corrected chi connectivity index (χ1v) is 8.60. The lowest BCUT2D eigenvalue weighted by atomic mass is 10.0. The summed E-state index contributed by atoms with van der Waals surface area (Å²) in [4.78, 5) is 26.7. The van der Waals surface area contributed by atoms with Gasteiger partial charge < -0.3 is 9.15 Å². The minimum atomic E-state index is -0.625. The SMILES string of the molecule is CCOC(=O)c1c(-c2ccccc2)csc1/N=C/c1ccc([N+](=O)[O-])o1. The lowest BCUT2D eigenvalue weighted by Gasteiger charge is -2.05. The maximum absolute atomic E-state index is 12.4. The van der Waals surface area contributed by atoms with Crippen molar-refractivity contribution in [3.8, 4) is 11.1 Å². The van der Waals surface area contributed by atoms with Gasteiger partial charge in [0.25, 0.3) is 0 Å². The molecule has 132 valence electrons. The topological polar surface area (TPSA) is 94.9 Å². The van der Waals surface area contributed by atoms with Gasteiger partial charge in [-0.3, -0.25) is 10.1 Å². The molecule has 0 fully saturated rings. The highest BCUT2D eigenvalue weighted by Gasteiger charge is 2.21. The first-order chi connectivity index (χ1) is 12.6. The third-order valence-electron chi connectivity index (χ3n) is 3.44. The summed E-state index contributed by atoms with van der Waals surface area (Å²) >= 11 is 1.28. The molecule has 0 aliphatic carbocycles. The van der Waals surface area contributed by atoms with Crippen LogP contribution < -0.4 is 0 Å². The van der Waals surface area contributed by atoms with Crippen LogP contribution in [0.1, 0.15) is 23.0 Å². The molecule has 0 aliphatic heterocycles. The lowest BCUT2D eigenvalue weighted by Crippen LogP contribution is -2.05. The molecular weight excluding hydrogens is 356 g/mol. The van der Waals surface area contributed by atoms with Crippen LogP contribution in [-0.2, 0) is 4.74 Å². The van der Waals surface area contributed by atoms with Crippen molar-refractivity contribution < 1.29 is 18.9 Å². The molecule has 2 aromatic heterocycles. The second-order valence-corrected chi connectivity index (χ2v) is 5.97. The molecule has 3 rings (SSSR count). The van der Waals surface area contributed by atoms with Gasteiger partial charge in [-0.25, -0.2) is 9.79 Å². The van der Waals surface area contributed by atoms with E-state index < -0.39 is 10.9 Å². The van der Waals surface area contributed by atoms with Gasteiger partial charge in [0.15, 0.2) is 5.76 Å². The largest absolute Gasteiger partial charge is 0.462 e. The fourth-order valence-electron chi connectivity index (χ4n) is 2.31. The van der Waals surface area contributed by atoms with Crippen LogP contribution in [0.2, 0.25) is 0 Å². The molecule has 0 saturated carbocycles. The number of hydrogen-bond acceptors (Lipinski definition) is 7. The van der Waals surface area contributed by atoms with E-state index in [1.165, 1.54) is 29.7 Å². The van der Waals surface area contributed by atoms with Crippen LogP contribution in [0.3, 0.4) is 0 Å². The van der Waals surface area contributed by atoms with E-state index in [0.717, 1.165) is 11.1 Å². The summed E-state index contributed by atoms with van der Waals surface area (Å²) in [5, 5.41) is 13.0. The molecule has 26 heavy (non-hydrogen) atoms. The van der Waals surface area contributed by atoms with Crippen LogP contribution in [0, 0.1) is 10.1 Å². The van der Waals surface area contributed by atoms with Crippen LogP contribution in [0.15, 0.2) is 57.3 Å². The summed E-state index contributed by atoms with van der Waals surface area (Å²) in [6.07, 6.45) is 1.34. The number of furan rings is 1. The summed E-state index contributed by atoms with van der Waals surface area (Å²) in [7, 11) is 0. The van der Waals surface area contributed by atoms with Gasteiger partial charge in [-0.2, -0.15) is 0 Å². The van der Waals surface area contributed by atoms with Gasteiger partial charge in [-0.1, -0.05) is 30.3 Å². The van der Waals surface area contributed by atoms with Gasteiger partial charge in [-0.15, -0.1) is 11.3 Å². The summed E-state index contributed by atoms with van der Waals surface area (Å²) in [5.41, 5.74) is 1.97. The highest BCUT2D eigenvalue weighted by atomic mass is 32.1. The predicted molar refractivity (Wildman–Crippen MR) is 98.3 cm³/mol. The Bertz CT molecular complexity index is 959. The summed E-state index contributed by atoms with van der Waals surface area (Å²) in [6.45, 7) is 1.98. The van der Waals surface area contributed by atoms with Gasteiger partial charge in [0.1, 0.15) is 15.5 Å². The molecule has 0 spiro atoms. The fraction of sp³-hybridized carbons (Fsp3) is 0.111. The van der Waals surface area contributed by atoms with E-state index in [-0.39, 0.29) is 18.3 Å². The second kappa shape index (κ2) is 7.75. The molecule has 0 bridgehead atoms. The Morgan fingerprint density at radius 1 is 1.31 bits per heavy atom. The van der Waals surface area contributed by atoms with E-state index in [4.69, 9.17) is 9.15 Å². The highest BCUT2D eigenvalue weighted by molar-refractivity contribution is 7.14. The van der Waals surface area contributed by atoms with E-state index in [1.807, 2.05) is 35.7 Å². The van der Waals surface area contributed by atoms with Crippen molar-refractivity contribution in [2.45, 2.75) is 6.92 Å². The molecule has 7 nitrogen and oxygen atoms in total. The smallest absolute Gasteiger partial charge is 0.433 e. The Labute approximate surface area is 152 Å². The van der Waals surface area contributed by atoms with E-state index in [2.05, 4.69) is 4.99 Å². The Morgan fingerprint density at radius 3 is 2.73 bits per heavy atom. The second-order valence-electron chi connectivity index (χ2n) is 5.11. The quantitative estimate of drug-likeness (QED) is 0.268. The number of esters is 1. The molecule has 0 N–H and O–H groups in total. The number of thiophene rings is 1.